The Balaban J connectivity index is 1.40. The fourth-order valence-electron chi connectivity index (χ4n) is 5.11. The molecule has 0 unspecified atom stereocenters. The zero-order chi connectivity index (χ0) is 27.6. The zero-order valence-electron chi connectivity index (χ0n) is 21.6. The van der Waals surface area contributed by atoms with Gasteiger partial charge in [-0.05, 0) is 47.9 Å². The van der Waals surface area contributed by atoms with Crippen molar-refractivity contribution >= 4 is 40.5 Å². The van der Waals surface area contributed by atoms with Crippen LogP contribution in [0.4, 0.5) is 11.4 Å². The maximum Gasteiger partial charge on any atom is 0.264 e. The summed E-state index contributed by atoms with van der Waals surface area (Å²) < 4.78 is 0. The van der Waals surface area contributed by atoms with E-state index in [-0.39, 0.29) is 19.1 Å². The number of hydrogen-bond donors (Lipinski definition) is 2. The lowest BCUT2D eigenvalue weighted by molar-refractivity contribution is -0.139. The first-order valence-corrected chi connectivity index (χ1v) is 13.4. The lowest BCUT2D eigenvalue weighted by Gasteiger charge is -2.28. The van der Waals surface area contributed by atoms with Gasteiger partial charge in [-0.2, -0.15) is 5.10 Å². The molecule has 2 atom stereocenters. The number of carbonyl (C=O) groups is 2. The maximum atomic E-state index is 13.7. The molecule has 0 spiro atoms. The molecule has 2 aliphatic rings. The number of hydrogen-bond acceptors (Lipinski definition) is 5. The van der Waals surface area contributed by atoms with E-state index in [2.05, 4.69) is 5.10 Å². The number of anilines is 2. The molecule has 0 saturated carbocycles. The van der Waals surface area contributed by atoms with Crippen molar-refractivity contribution in [3.05, 3.63) is 107 Å². The predicted molar refractivity (Wildman–Crippen MR) is 153 cm³/mol. The summed E-state index contributed by atoms with van der Waals surface area (Å²) in [6.07, 6.45) is 4.91. The molecule has 3 aromatic carbocycles. The first kappa shape index (κ1) is 26.8. The van der Waals surface area contributed by atoms with E-state index in [9.17, 15) is 14.7 Å². The molecule has 3 aromatic rings. The number of fused-ring (bicyclic) bond motifs is 1. The third-order valence-electron chi connectivity index (χ3n) is 7.27. The molecular formula is C31H30ClN3O4. The van der Waals surface area contributed by atoms with Gasteiger partial charge in [0.2, 0.25) is 5.91 Å². The van der Waals surface area contributed by atoms with Crippen LogP contribution < -0.4 is 9.91 Å². The van der Waals surface area contributed by atoms with Crippen molar-refractivity contribution < 1.29 is 19.8 Å². The predicted octanol–water partition coefficient (Wildman–Crippen LogP) is 5.18. The summed E-state index contributed by atoms with van der Waals surface area (Å²) >= 11 is 6.26. The van der Waals surface area contributed by atoms with Crippen LogP contribution in [-0.4, -0.2) is 34.3 Å². The SMILES string of the molecule is C[C@H](/C=C/CCO)[C@@]1(O)C(=O)N(Cc2ccc(N3N=C(c4ccccc4)CCC3=O)cc2)c2ccc(Cl)cc21. The minimum absolute atomic E-state index is 0.0119. The fourth-order valence-corrected chi connectivity index (χ4v) is 5.28. The fraction of sp³-hybridized carbons (Fsp3) is 0.258. The van der Waals surface area contributed by atoms with Gasteiger partial charge in [-0.1, -0.05) is 73.1 Å². The Hall–Kier alpha value is -3.78. The van der Waals surface area contributed by atoms with Crippen molar-refractivity contribution in [1.29, 1.82) is 0 Å². The van der Waals surface area contributed by atoms with Crippen LogP contribution in [0.2, 0.25) is 5.02 Å². The van der Waals surface area contributed by atoms with Gasteiger partial charge < -0.3 is 15.1 Å². The first-order chi connectivity index (χ1) is 18.8. The molecule has 0 bridgehead atoms. The van der Waals surface area contributed by atoms with Crippen LogP contribution in [-0.2, 0) is 21.7 Å². The van der Waals surface area contributed by atoms with E-state index in [0.717, 1.165) is 16.8 Å². The molecule has 5 rings (SSSR count). The summed E-state index contributed by atoms with van der Waals surface area (Å²) in [7, 11) is 0. The number of amides is 2. The van der Waals surface area contributed by atoms with Gasteiger partial charge in [0.15, 0.2) is 5.60 Å². The molecule has 0 saturated heterocycles. The molecule has 2 amide bonds. The van der Waals surface area contributed by atoms with Crippen LogP contribution in [0.5, 0.6) is 0 Å². The quantitative estimate of drug-likeness (QED) is 0.383. The van der Waals surface area contributed by atoms with Crippen LogP contribution in [0.3, 0.4) is 0 Å². The molecule has 0 fully saturated rings. The second-order valence-electron chi connectivity index (χ2n) is 9.83. The summed E-state index contributed by atoms with van der Waals surface area (Å²) in [4.78, 5) is 27.9. The maximum absolute atomic E-state index is 13.7. The van der Waals surface area contributed by atoms with Crippen molar-refractivity contribution in [3.8, 4) is 0 Å². The Morgan fingerprint density at radius 2 is 1.79 bits per heavy atom. The molecular weight excluding hydrogens is 514 g/mol. The van der Waals surface area contributed by atoms with Crippen molar-refractivity contribution in [1.82, 2.24) is 0 Å². The molecule has 2 heterocycles. The van der Waals surface area contributed by atoms with Crippen LogP contribution in [0.25, 0.3) is 0 Å². The van der Waals surface area contributed by atoms with Crippen LogP contribution in [0.15, 0.2) is 90.0 Å². The van der Waals surface area contributed by atoms with Gasteiger partial charge in [0.05, 0.1) is 23.6 Å². The molecule has 2 aliphatic heterocycles. The summed E-state index contributed by atoms with van der Waals surface area (Å²) in [5, 5.41) is 27.3. The molecule has 0 aromatic heterocycles. The highest BCUT2D eigenvalue weighted by atomic mass is 35.5. The Bertz CT molecular complexity index is 1440. The van der Waals surface area contributed by atoms with Crippen LogP contribution in [0.1, 0.15) is 42.9 Å². The molecule has 2 N–H and O–H groups in total. The second-order valence-corrected chi connectivity index (χ2v) is 10.3. The van der Waals surface area contributed by atoms with Crippen molar-refractivity contribution in [3.63, 3.8) is 0 Å². The third-order valence-corrected chi connectivity index (χ3v) is 7.51. The van der Waals surface area contributed by atoms with Crippen LogP contribution >= 0.6 is 11.6 Å². The van der Waals surface area contributed by atoms with E-state index >= 15 is 0 Å². The van der Waals surface area contributed by atoms with E-state index in [4.69, 9.17) is 16.7 Å². The molecule has 8 heteroatoms. The highest BCUT2D eigenvalue weighted by Crippen LogP contribution is 2.46. The molecule has 200 valence electrons. The van der Waals surface area contributed by atoms with Gasteiger partial charge in [-0.15, -0.1) is 0 Å². The molecule has 0 aliphatic carbocycles. The third kappa shape index (κ3) is 5.13. The Labute approximate surface area is 232 Å². The smallest absolute Gasteiger partial charge is 0.264 e. The summed E-state index contributed by atoms with van der Waals surface area (Å²) in [5.41, 5.74) is 2.61. The average molecular weight is 544 g/mol. The molecule has 7 nitrogen and oxygen atoms in total. The number of halogens is 1. The van der Waals surface area contributed by atoms with E-state index in [1.54, 1.807) is 42.2 Å². The number of benzene rings is 3. The van der Waals surface area contributed by atoms with Gasteiger partial charge in [-0.3, -0.25) is 9.59 Å². The number of rotatable bonds is 8. The van der Waals surface area contributed by atoms with E-state index < -0.39 is 17.4 Å². The number of aliphatic hydroxyl groups excluding tert-OH is 1. The Morgan fingerprint density at radius 3 is 2.51 bits per heavy atom. The van der Waals surface area contributed by atoms with E-state index in [0.29, 0.717) is 41.2 Å². The Kier molecular flexibility index (Phi) is 7.66. The molecule has 39 heavy (non-hydrogen) atoms. The topological polar surface area (TPSA) is 93.4 Å². The number of carbonyl (C=O) groups excluding carboxylic acids is 2. The first-order valence-electron chi connectivity index (χ1n) is 13.0. The largest absolute Gasteiger partial charge is 0.396 e. The average Bonchev–Trinajstić information content (AvgIpc) is 3.16. The second kappa shape index (κ2) is 11.1. The van der Waals surface area contributed by atoms with Gasteiger partial charge in [-0.25, -0.2) is 5.01 Å². The van der Waals surface area contributed by atoms with E-state index in [1.165, 1.54) is 5.01 Å². The normalized spacial score (nSPS) is 19.9. The van der Waals surface area contributed by atoms with Crippen molar-refractivity contribution in [2.45, 2.75) is 38.3 Å². The van der Waals surface area contributed by atoms with Crippen molar-refractivity contribution in [2.24, 2.45) is 11.0 Å². The standard InChI is InChI=1S/C31H30ClN3O4/c1-21(7-5-6-18-36)31(39)26-19-24(32)12-16-28(26)34(30(31)38)20-22-10-13-25(14-11-22)35-29(37)17-15-27(33-35)23-8-3-2-4-9-23/h2-5,7-14,16,19,21,36,39H,6,15,17-18,20H2,1H3/b7-5+/t21-,31+/m1/s1. The van der Waals surface area contributed by atoms with Gasteiger partial charge in [0, 0.05) is 36.0 Å². The monoisotopic (exact) mass is 543 g/mol. The lowest BCUT2D eigenvalue weighted by Crippen LogP contribution is -2.44. The molecule has 0 radical (unpaired) electrons. The lowest BCUT2D eigenvalue weighted by atomic mass is 9.83. The van der Waals surface area contributed by atoms with Gasteiger partial charge in [0.25, 0.3) is 5.91 Å². The minimum Gasteiger partial charge on any atom is -0.396 e. The zero-order valence-corrected chi connectivity index (χ0v) is 22.4. The Morgan fingerprint density at radius 1 is 1.05 bits per heavy atom. The number of hydrazone groups is 1. The highest BCUT2D eigenvalue weighted by molar-refractivity contribution is 6.31. The van der Waals surface area contributed by atoms with Gasteiger partial charge in [0.1, 0.15) is 0 Å². The minimum atomic E-state index is -1.78. The number of nitrogens with zero attached hydrogens (tertiary/aromatic N) is 3. The van der Waals surface area contributed by atoms with Gasteiger partial charge >= 0.3 is 0 Å². The van der Waals surface area contributed by atoms with E-state index in [1.807, 2.05) is 54.6 Å². The summed E-state index contributed by atoms with van der Waals surface area (Å²) in [6.45, 7) is 1.99. The summed E-state index contributed by atoms with van der Waals surface area (Å²) in [5.74, 6) is -1.05. The van der Waals surface area contributed by atoms with Crippen molar-refractivity contribution in [2.75, 3.05) is 16.5 Å². The summed E-state index contributed by atoms with van der Waals surface area (Å²) in [6, 6.07) is 22.3. The highest BCUT2D eigenvalue weighted by Gasteiger charge is 2.52. The van der Waals surface area contributed by atoms with Crippen LogP contribution in [0, 0.1) is 5.92 Å². The number of aliphatic hydroxyl groups is 2.